The number of benzene rings is 2. The summed E-state index contributed by atoms with van der Waals surface area (Å²) in [6.45, 7) is 3.29. The van der Waals surface area contributed by atoms with Gasteiger partial charge in [0.2, 0.25) is 5.75 Å². The lowest BCUT2D eigenvalue weighted by Crippen LogP contribution is -2.16. The monoisotopic (exact) mass is 508 g/mol. The van der Waals surface area contributed by atoms with E-state index in [1.165, 1.54) is 40.4 Å². The number of aromatic hydroxyl groups is 1. The molecule has 3 rings (SSSR count). The van der Waals surface area contributed by atoms with Gasteiger partial charge in [0, 0.05) is 0 Å². The van der Waals surface area contributed by atoms with Crippen LogP contribution in [0.2, 0.25) is 0 Å². The Morgan fingerprint density at radius 2 is 1.54 bits per heavy atom. The molecule has 0 bridgehead atoms. The van der Waals surface area contributed by atoms with Gasteiger partial charge in [-0.25, -0.2) is 8.42 Å². The second-order valence-corrected chi connectivity index (χ2v) is 10.3. The Morgan fingerprint density at radius 1 is 0.971 bits per heavy atom. The van der Waals surface area contributed by atoms with E-state index in [1.54, 1.807) is 0 Å². The highest BCUT2D eigenvalue weighted by atomic mass is 32.2. The van der Waals surface area contributed by atoms with Crippen LogP contribution in [0.5, 0.6) is 28.7 Å². The van der Waals surface area contributed by atoms with Crippen LogP contribution in [0, 0.1) is 0 Å². The molecule has 0 amide bonds. The normalized spacial score (nSPS) is 17.7. The molecule has 0 radical (unpaired) electrons. The topological polar surface area (TPSA) is 118 Å². The molecule has 1 N–H and O–H groups in total. The number of ether oxygens (including phenoxy) is 5. The van der Waals surface area contributed by atoms with Crippen molar-refractivity contribution >= 4 is 15.6 Å². The number of carbonyl (C=O) groups excluding carboxylic acids is 1. The first-order valence-corrected chi connectivity index (χ1v) is 13.0. The third kappa shape index (κ3) is 5.82. The van der Waals surface area contributed by atoms with Crippen LogP contribution in [0.15, 0.2) is 29.2 Å². The maximum atomic E-state index is 12.9. The number of phenols is 1. The molecule has 35 heavy (non-hydrogen) atoms. The van der Waals surface area contributed by atoms with Gasteiger partial charge in [0.1, 0.15) is 16.4 Å². The minimum Gasteiger partial charge on any atom is -0.504 e. The molecule has 0 spiro atoms. The molecule has 2 aromatic carbocycles. The first-order valence-electron chi connectivity index (χ1n) is 11.3. The standard InChI is InChI=1S/C25H32O9S/c1-6-9-33-24-18(27)10-16(13-23(24)35(28,29)14-15(2)26)19-7-8-20(34-19)17-11-21(30-3)25(32-5)22(12-17)31-4/h10-13,19-20,27H,6-9,14H2,1-5H3/t19-,20-/m1/s1. The Bertz CT molecular complexity index is 1150. The Balaban J connectivity index is 1.96. The molecular weight excluding hydrogens is 476 g/mol. The summed E-state index contributed by atoms with van der Waals surface area (Å²) in [6, 6.07) is 6.53. The first kappa shape index (κ1) is 26.6. The molecule has 1 heterocycles. The van der Waals surface area contributed by atoms with E-state index < -0.39 is 27.5 Å². The molecule has 10 heteroatoms. The largest absolute Gasteiger partial charge is 0.504 e. The van der Waals surface area contributed by atoms with Crippen molar-refractivity contribution in [2.75, 3.05) is 33.7 Å². The van der Waals surface area contributed by atoms with E-state index >= 15 is 0 Å². The van der Waals surface area contributed by atoms with E-state index in [9.17, 15) is 18.3 Å². The molecule has 192 valence electrons. The number of rotatable bonds is 11. The van der Waals surface area contributed by atoms with E-state index in [0.717, 1.165) is 5.56 Å². The van der Waals surface area contributed by atoms with Gasteiger partial charge < -0.3 is 28.8 Å². The maximum absolute atomic E-state index is 12.9. The molecule has 1 aliphatic heterocycles. The third-order valence-electron chi connectivity index (χ3n) is 5.69. The third-order valence-corrected chi connectivity index (χ3v) is 7.45. The van der Waals surface area contributed by atoms with Gasteiger partial charge in [-0.2, -0.15) is 0 Å². The lowest BCUT2D eigenvalue weighted by Gasteiger charge is -2.20. The summed E-state index contributed by atoms with van der Waals surface area (Å²) in [7, 11) is 0.575. The number of hydrogen-bond donors (Lipinski definition) is 1. The Kier molecular flexibility index (Phi) is 8.50. The minimum absolute atomic E-state index is 0.143. The average molecular weight is 509 g/mol. The maximum Gasteiger partial charge on any atom is 0.203 e. The van der Waals surface area contributed by atoms with Crippen LogP contribution in [0.1, 0.15) is 56.4 Å². The quantitative estimate of drug-likeness (QED) is 0.477. The predicted molar refractivity (Wildman–Crippen MR) is 129 cm³/mol. The van der Waals surface area contributed by atoms with Crippen molar-refractivity contribution in [3.05, 3.63) is 35.4 Å². The first-order chi connectivity index (χ1) is 16.6. The Hall–Kier alpha value is -2.98. The number of ketones is 1. The van der Waals surface area contributed by atoms with E-state index in [-0.39, 0.29) is 29.1 Å². The SMILES string of the molecule is CCCOc1c(O)cc([C@H]2CC[C@H](c3cc(OC)c(OC)c(OC)c3)O2)cc1S(=O)(=O)CC(C)=O. The van der Waals surface area contributed by atoms with Crippen LogP contribution in [0.25, 0.3) is 0 Å². The van der Waals surface area contributed by atoms with Crippen LogP contribution >= 0.6 is 0 Å². The fourth-order valence-corrected chi connectivity index (χ4v) is 5.59. The van der Waals surface area contributed by atoms with Crippen molar-refractivity contribution in [1.29, 1.82) is 0 Å². The van der Waals surface area contributed by atoms with E-state index in [1.807, 2.05) is 19.1 Å². The summed E-state index contributed by atoms with van der Waals surface area (Å²) < 4.78 is 53.9. The molecule has 0 unspecified atom stereocenters. The summed E-state index contributed by atoms with van der Waals surface area (Å²) in [5.41, 5.74) is 1.31. The summed E-state index contributed by atoms with van der Waals surface area (Å²) in [6.07, 6.45) is 1.06. The Morgan fingerprint density at radius 3 is 2.03 bits per heavy atom. The summed E-state index contributed by atoms with van der Waals surface area (Å²) >= 11 is 0. The lowest BCUT2D eigenvalue weighted by molar-refractivity contribution is -0.114. The predicted octanol–water partition coefficient (Wildman–Crippen LogP) is 4.16. The number of Topliss-reactive ketones (excluding diaryl/α,β-unsaturated/α-hetero) is 1. The fourth-order valence-electron chi connectivity index (χ4n) is 4.13. The summed E-state index contributed by atoms with van der Waals surface area (Å²) in [5.74, 6) is -0.160. The molecule has 0 aromatic heterocycles. The highest BCUT2D eigenvalue weighted by Gasteiger charge is 2.32. The van der Waals surface area contributed by atoms with Crippen molar-refractivity contribution < 1.29 is 42.0 Å². The number of methoxy groups -OCH3 is 3. The second kappa shape index (κ2) is 11.2. The molecular formula is C25H32O9S. The van der Waals surface area contributed by atoms with Crippen molar-refractivity contribution in [3.63, 3.8) is 0 Å². The summed E-state index contributed by atoms with van der Waals surface area (Å²) in [5, 5.41) is 10.7. The van der Waals surface area contributed by atoms with E-state index in [4.69, 9.17) is 23.7 Å². The molecule has 2 aromatic rings. The van der Waals surface area contributed by atoms with Crippen molar-refractivity contribution in [1.82, 2.24) is 0 Å². The van der Waals surface area contributed by atoms with Gasteiger partial charge in [0.15, 0.2) is 32.8 Å². The molecule has 9 nitrogen and oxygen atoms in total. The zero-order chi connectivity index (χ0) is 25.8. The lowest BCUT2D eigenvalue weighted by atomic mass is 10.0. The van der Waals surface area contributed by atoms with Gasteiger partial charge in [0.25, 0.3) is 0 Å². The second-order valence-electron chi connectivity index (χ2n) is 8.33. The van der Waals surface area contributed by atoms with Crippen molar-refractivity contribution in [3.8, 4) is 28.7 Å². The summed E-state index contributed by atoms with van der Waals surface area (Å²) in [4.78, 5) is 11.4. The van der Waals surface area contributed by atoms with Crippen LogP contribution in [0.3, 0.4) is 0 Å². The molecule has 1 saturated heterocycles. The van der Waals surface area contributed by atoms with Gasteiger partial charge >= 0.3 is 0 Å². The number of carbonyl (C=O) groups is 1. The van der Waals surface area contributed by atoms with Crippen molar-refractivity contribution in [2.24, 2.45) is 0 Å². The van der Waals surface area contributed by atoms with Crippen LogP contribution in [0.4, 0.5) is 0 Å². The molecule has 1 fully saturated rings. The minimum atomic E-state index is -4.02. The van der Waals surface area contributed by atoms with Gasteiger partial charge in [0.05, 0.1) is 40.1 Å². The average Bonchev–Trinajstić information content (AvgIpc) is 3.31. The molecule has 0 aliphatic carbocycles. The zero-order valence-electron chi connectivity index (χ0n) is 20.6. The van der Waals surface area contributed by atoms with Crippen molar-refractivity contribution in [2.45, 2.75) is 50.2 Å². The smallest absolute Gasteiger partial charge is 0.203 e. The van der Waals surface area contributed by atoms with Crippen LogP contribution in [-0.2, 0) is 19.4 Å². The van der Waals surface area contributed by atoms with Gasteiger partial charge in [-0.3, -0.25) is 4.79 Å². The highest BCUT2D eigenvalue weighted by molar-refractivity contribution is 7.92. The number of hydrogen-bond acceptors (Lipinski definition) is 9. The highest BCUT2D eigenvalue weighted by Crippen LogP contribution is 2.47. The number of phenolic OH excluding ortho intramolecular Hbond substituents is 1. The molecule has 2 atom stereocenters. The Labute approximate surface area is 205 Å². The zero-order valence-corrected chi connectivity index (χ0v) is 21.4. The van der Waals surface area contributed by atoms with Gasteiger partial charge in [-0.15, -0.1) is 0 Å². The van der Waals surface area contributed by atoms with E-state index in [2.05, 4.69) is 0 Å². The van der Waals surface area contributed by atoms with Crippen LogP contribution in [-0.4, -0.2) is 53.0 Å². The fraction of sp³-hybridized carbons (Fsp3) is 0.480. The number of sulfone groups is 1. The molecule has 0 saturated carbocycles. The molecule has 1 aliphatic rings. The van der Waals surface area contributed by atoms with Crippen LogP contribution < -0.4 is 18.9 Å². The van der Waals surface area contributed by atoms with Gasteiger partial charge in [-0.05, 0) is 61.6 Å². The van der Waals surface area contributed by atoms with Gasteiger partial charge in [-0.1, -0.05) is 6.92 Å². The van der Waals surface area contributed by atoms with E-state index in [0.29, 0.717) is 42.1 Å².